The second-order valence-corrected chi connectivity index (χ2v) is 6.82. The number of halogens is 2. The Morgan fingerprint density at radius 1 is 1.00 bits per heavy atom. The molecule has 142 valence electrons. The van der Waals surface area contributed by atoms with Gasteiger partial charge in [-0.3, -0.25) is 4.79 Å². The van der Waals surface area contributed by atoms with Gasteiger partial charge < -0.3 is 20.3 Å². The number of carbonyl (C=O) groups is 2. The number of ether oxygens (including phenoxy) is 1. The molecule has 1 heterocycles. The first-order valence-corrected chi connectivity index (χ1v) is 9.24. The van der Waals surface area contributed by atoms with E-state index in [-0.39, 0.29) is 12.3 Å². The molecule has 0 saturated carbocycles. The van der Waals surface area contributed by atoms with E-state index in [1.54, 1.807) is 24.3 Å². The van der Waals surface area contributed by atoms with Crippen LogP contribution in [0.25, 0.3) is 0 Å². The van der Waals surface area contributed by atoms with Gasteiger partial charge >= 0.3 is 6.03 Å². The first-order chi connectivity index (χ1) is 13.0. The number of rotatable bonds is 5. The van der Waals surface area contributed by atoms with Crippen molar-refractivity contribution < 1.29 is 14.3 Å². The molecule has 1 aliphatic rings. The van der Waals surface area contributed by atoms with Crippen LogP contribution in [0.15, 0.2) is 42.5 Å². The van der Waals surface area contributed by atoms with E-state index < -0.39 is 6.03 Å². The fourth-order valence-corrected chi connectivity index (χ4v) is 2.99. The molecule has 2 amide bonds. The molecule has 0 aliphatic carbocycles. The van der Waals surface area contributed by atoms with Crippen molar-refractivity contribution in [2.75, 3.05) is 43.1 Å². The summed E-state index contributed by atoms with van der Waals surface area (Å²) in [5.41, 5.74) is 2.09. The average molecular weight is 408 g/mol. The van der Waals surface area contributed by atoms with Crippen LogP contribution in [0.1, 0.15) is 10.4 Å². The lowest BCUT2D eigenvalue weighted by Gasteiger charge is -2.28. The van der Waals surface area contributed by atoms with Gasteiger partial charge in [0.25, 0.3) is 0 Å². The summed E-state index contributed by atoms with van der Waals surface area (Å²) in [5.74, 6) is -0.173. The molecule has 2 N–H and O–H groups in total. The molecule has 2 aromatic rings. The van der Waals surface area contributed by atoms with Gasteiger partial charge in [0.05, 0.1) is 29.8 Å². The summed E-state index contributed by atoms with van der Waals surface area (Å²) in [7, 11) is 0. The standard InChI is InChI=1S/C19H19Cl2N3O3/c20-16-6-3-14(11-17(16)21)23-19(26)22-12-18(25)13-1-4-15(5-2-13)24-7-9-27-10-8-24/h1-6,11H,7-10,12H2,(H2,22,23,26). The molecule has 3 rings (SSSR count). The van der Waals surface area contributed by atoms with E-state index in [4.69, 9.17) is 27.9 Å². The van der Waals surface area contributed by atoms with Gasteiger partial charge in [0.15, 0.2) is 5.78 Å². The smallest absolute Gasteiger partial charge is 0.319 e. The summed E-state index contributed by atoms with van der Waals surface area (Å²) in [6, 6.07) is 11.6. The Bertz CT molecular complexity index is 821. The maximum absolute atomic E-state index is 12.3. The minimum Gasteiger partial charge on any atom is -0.378 e. The molecule has 0 bridgehead atoms. The lowest BCUT2D eigenvalue weighted by atomic mass is 10.1. The summed E-state index contributed by atoms with van der Waals surface area (Å²) in [6.45, 7) is 2.98. The quantitative estimate of drug-likeness (QED) is 0.738. The van der Waals surface area contributed by atoms with Crippen LogP contribution in [0.4, 0.5) is 16.2 Å². The molecule has 1 fully saturated rings. The Kier molecular flexibility index (Phi) is 6.55. The molecule has 8 heteroatoms. The highest BCUT2D eigenvalue weighted by atomic mass is 35.5. The molecule has 1 aliphatic heterocycles. The second kappa shape index (κ2) is 9.08. The Balaban J connectivity index is 1.50. The predicted octanol–water partition coefficient (Wildman–Crippen LogP) is 3.83. The van der Waals surface area contributed by atoms with E-state index >= 15 is 0 Å². The maximum Gasteiger partial charge on any atom is 0.319 e. The third-order valence-electron chi connectivity index (χ3n) is 4.15. The minimum atomic E-state index is -0.494. The third-order valence-corrected chi connectivity index (χ3v) is 4.89. The highest BCUT2D eigenvalue weighted by molar-refractivity contribution is 6.42. The summed E-state index contributed by atoms with van der Waals surface area (Å²) in [5, 5.41) is 5.88. The van der Waals surface area contributed by atoms with E-state index in [9.17, 15) is 9.59 Å². The number of carbonyl (C=O) groups excluding carboxylic acids is 2. The van der Waals surface area contributed by atoms with Crippen LogP contribution in [-0.2, 0) is 4.74 Å². The highest BCUT2D eigenvalue weighted by Crippen LogP contribution is 2.24. The molecule has 6 nitrogen and oxygen atoms in total. The molecule has 2 aromatic carbocycles. The van der Waals surface area contributed by atoms with Gasteiger partial charge in [-0.1, -0.05) is 23.2 Å². The molecule has 0 unspecified atom stereocenters. The summed E-state index contributed by atoms with van der Waals surface area (Å²) in [6.07, 6.45) is 0. The topological polar surface area (TPSA) is 70.7 Å². The minimum absolute atomic E-state index is 0.107. The number of hydrogen-bond donors (Lipinski definition) is 2. The van der Waals surface area contributed by atoms with Crippen molar-refractivity contribution in [3.8, 4) is 0 Å². The van der Waals surface area contributed by atoms with E-state index in [2.05, 4.69) is 15.5 Å². The number of nitrogens with zero attached hydrogens (tertiary/aromatic N) is 1. The molecule has 1 saturated heterocycles. The van der Waals surface area contributed by atoms with E-state index in [0.717, 1.165) is 18.8 Å². The predicted molar refractivity (Wildman–Crippen MR) is 107 cm³/mol. The fourth-order valence-electron chi connectivity index (χ4n) is 2.69. The summed E-state index contributed by atoms with van der Waals surface area (Å²) >= 11 is 11.7. The largest absolute Gasteiger partial charge is 0.378 e. The Morgan fingerprint density at radius 3 is 2.37 bits per heavy atom. The van der Waals surface area contributed by atoms with Crippen molar-refractivity contribution in [1.82, 2.24) is 5.32 Å². The van der Waals surface area contributed by atoms with Crippen molar-refractivity contribution in [2.24, 2.45) is 0 Å². The highest BCUT2D eigenvalue weighted by Gasteiger charge is 2.13. The van der Waals surface area contributed by atoms with Gasteiger partial charge in [-0.15, -0.1) is 0 Å². The number of morpholine rings is 1. The zero-order valence-corrected chi connectivity index (χ0v) is 16.0. The number of ketones is 1. The molecule has 0 radical (unpaired) electrons. The normalized spacial score (nSPS) is 13.9. The van der Waals surface area contributed by atoms with Crippen LogP contribution < -0.4 is 15.5 Å². The summed E-state index contributed by atoms with van der Waals surface area (Å²) in [4.78, 5) is 26.4. The fraction of sp³-hybridized carbons (Fsp3) is 0.263. The van der Waals surface area contributed by atoms with Crippen molar-refractivity contribution >= 4 is 46.4 Å². The Morgan fingerprint density at radius 2 is 1.70 bits per heavy atom. The summed E-state index contributed by atoms with van der Waals surface area (Å²) < 4.78 is 5.34. The SMILES string of the molecule is O=C(NCC(=O)c1ccc(N2CCOCC2)cc1)Nc1ccc(Cl)c(Cl)c1. The molecular weight excluding hydrogens is 389 g/mol. The first kappa shape index (κ1) is 19.5. The van der Waals surface area contributed by atoms with Crippen molar-refractivity contribution in [1.29, 1.82) is 0 Å². The zero-order chi connectivity index (χ0) is 19.2. The van der Waals surface area contributed by atoms with Gasteiger partial charge in [0.2, 0.25) is 0 Å². The van der Waals surface area contributed by atoms with Crippen LogP contribution >= 0.6 is 23.2 Å². The lowest BCUT2D eigenvalue weighted by Crippen LogP contribution is -2.36. The van der Waals surface area contributed by atoms with Crippen LogP contribution in [0.2, 0.25) is 10.0 Å². The van der Waals surface area contributed by atoms with Gasteiger partial charge in [-0.05, 0) is 42.5 Å². The van der Waals surface area contributed by atoms with E-state index in [1.807, 2.05) is 12.1 Å². The monoisotopic (exact) mass is 407 g/mol. The zero-order valence-electron chi connectivity index (χ0n) is 14.5. The number of amides is 2. The molecule has 27 heavy (non-hydrogen) atoms. The van der Waals surface area contributed by atoms with Gasteiger partial charge in [-0.25, -0.2) is 4.79 Å². The van der Waals surface area contributed by atoms with Gasteiger partial charge in [0.1, 0.15) is 0 Å². The third kappa shape index (κ3) is 5.35. The van der Waals surface area contributed by atoms with Crippen LogP contribution in [0.5, 0.6) is 0 Å². The number of urea groups is 1. The maximum atomic E-state index is 12.3. The van der Waals surface area contributed by atoms with Gasteiger partial charge in [-0.2, -0.15) is 0 Å². The van der Waals surface area contributed by atoms with Crippen LogP contribution in [0.3, 0.4) is 0 Å². The molecule has 0 aromatic heterocycles. The van der Waals surface area contributed by atoms with E-state index in [0.29, 0.717) is 34.5 Å². The van der Waals surface area contributed by atoms with Crippen molar-refractivity contribution in [3.05, 3.63) is 58.1 Å². The lowest BCUT2D eigenvalue weighted by molar-refractivity contribution is 0.0993. The molecular formula is C19H19Cl2N3O3. The molecule has 0 atom stereocenters. The molecule has 0 spiro atoms. The Labute approximate surface area is 167 Å². The number of benzene rings is 2. The second-order valence-electron chi connectivity index (χ2n) is 6.01. The number of hydrogen-bond acceptors (Lipinski definition) is 4. The van der Waals surface area contributed by atoms with Crippen LogP contribution in [-0.4, -0.2) is 44.7 Å². The van der Waals surface area contributed by atoms with Crippen LogP contribution in [0, 0.1) is 0 Å². The van der Waals surface area contributed by atoms with Crippen molar-refractivity contribution in [3.63, 3.8) is 0 Å². The Hall–Kier alpha value is -2.28. The first-order valence-electron chi connectivity index (χ1n) is 8.49. The number of nitrogens with one attached hydrogen (secondary N) is 2. The number of Topliss-reactive ketones (excluding diaryl/α,β-unsaturated/α-hetero) is 1. The average Bonchev–Trinajstić information content (AvgIpc) is 2.70. The van der Waals surface area contributed by atoms with Crippen molar-refractivity contribution in [2.45, 2.75) is 0 Å². The van der Waals surface area contributed by atoms with Gasteiger partial charge in [0, 0.05) is 30.0 Å². The number of anilines is 2. The van der Waals surface area contributed by atoms with E-state index in [1.165, 1.54) is 6.07 Å².